The summed E-state index contributed by atoms with van der Waals surface area (Å²) in [5, 5.41) is 9.52. The zero-order chi connectivity index (χ0) is 16.1. The van der Waals surface area contributed by atoms with Crippen molar-refractivity contribution < 1.29 is 14.6 Å². The second-order valence-electron chi connectivity index (χ2n) is 4.56. The molecule has 0 fully saturated rings. The molecule has 0 saturated heterocycles. The van der Waals surface area contributed by atoms with Crippen LogP contribution in [0.5, 0.6) is 5.75 Å². The molecule has 0 bridgehead atoms. The number of ether oxygens (including phenoxy) is 1. The summed E-state index contributed by atoms with van der Waals surface area (Å²) in [7, 11) is 0. The number of aryl methyl sites for hydroxylation is 1. The van der Waals surface area contributed by atoms with Crippen molar-refractivity contribution in [1.29, 1.82) is 0 Å². The van der Waals surface area contributed by atoms with Gasteiger partial charge in [-0.25, -0.2) is 4.79 Å². The number of aliphatic carboxylic acids is 1. The SMILES string of the molecule is Cc1ccc(Cl)cc1N=Cc1ccc(OCC(=O)O)c(Cl)c1. The molecule has 0 amide bonds. The lowest BCUT2D eigenvalue weighted by Crippen LogP contribution is -2.09. The smallest absolute Gasteiger partial charge is 0.341 e. The minimum Gasteiger partial charge on any atom is -0.480 e. The van der Waals surface area contributed by atoms with Gasteiger partial charge in [-0.2, -0.15) is 0 Å². The van der Waals surface area contributed by atoms with E-state index in [0.29, 0.717) is 15.8 Å². The number of carboxylic acid groups (broad SMARTS) is 1. The summed E-state index contributed by atoms with van der Waals surface area (Å²) in [4.78, 5) is 14.8. The molecule has 2 aromatic carbocycles. The Morgan fingerprint density at radius 2 is 2.05 bits per heavy atom. The van der Waals surface area contributed by atoms with Crippen LogP contribution in [0.15, 0.2) is 41.4 Å². The van der Waals surface area contributed by atoms with Crippen molar-refractivity contribution in [3.63, 3.8) is 0 Å². The minimum absolute atomic E-state index is 0.320. The molecule has 6 heteroatoms. The molecule has 0 aliphatic heterocycles. The highest BCUT2D eigenvalue weighted by atomic mass is 35.5. The van der Waals surface area contributed by atoms with Gasteiger partial charge < -0.3 is 9.84 Å². The van der Waals surface area contributed by atoms with Crippen LogP contribution < -0.4 is 4.74 Å². The van der Waals surface area contributed by atoms with Gasteiger partial charge in [0.1, 0.15) is 5.75 Å². The van der Waals surface area contributed by atoms with E-state index in [4.69, 9.17) is 33.0 Å². The first-order valence-corrected chi connectivity index (χ1v) is 7.15. The fourth-order valence-corrected chi connectivity index (χ4v) is 2.13. The highest BCUT2D eigenvalue weighted by molar-refractivity contribution is 6.32. The van der Waals surface area contributed by atoms with Gasteiger partial charge in [-0.1, -0.05) is 29.3 Å². The van der Waals surface area contributed by atoms with E-state index in [1.165, 1.54) is 0 Å². The Labute approximate surface area is 138 Å². The zero-order valence-corrected chi connectivity index (χ0v) is 13.2. The van der Waals surface area contributed by atoms with Gasteiger partial charge in [0, 0.05) is 11.2 Å². The van der Waals surface area contributed by atoms with E-state index < -0.39 is 12.6 Å². The molecule has 0 spiro atoms. The summed E-state index contributed by atoms with van der Waals surface area (Å²) in [5.74, 6) is -0.738. The van der Waals surface area contributed by atoms with Gasteiger partial charge in [0.2, 0.25) is 0 Å². The largest absolute Gasteiger partial charge is 0.480 e. The molecule has 0 aromatic heterocycles. The van der Waals surface area contributed by atoms with Gasteiger partial charge in [0.05, 0.1) is 10.7 Å². The number of benzene rings is 2. The Morgan fingerprint density at radius 1 is 1.27 bits per heavy atom. The number of rotatable bonds is 5. The van der Waals surface area contributed by atoms with Crippen LogP contribution in [0.1, 0.15) is 11.1 Å². The molecule has 4 nitrogen and oxygen atoms in total. The number of hydrogen-bond acceptors (Lipinski definition) is 3. The van der Waals surface area contributed by atoms with Crippen molar-refractivity contribution in [2.45, 2.75) is 6.92 Å². The van der Waals surface area contributed by atoms with Crippen LogP contribution in [-0.2, 0) is 4.79 Å². The lowest BCUT2D eigenvalue weighted by Gasteiger charge is -2.06. The fraction of sp³-hybridized carbons (Fsp3) is 0.125. The van der Waals surface area contributed by atoms with Crippen molar-refractivity contribution in [2.24, 2.45) is 4.99 Å². The fourth-order valence-electron chi connectivity index (χ4n) is 1.72. The number of nitrogens with zero attached hydrogens (tertiary/aromatic N) is 1. The molecule has 22 heavy (non-hydrogen) atoms. The molecule has 1 N–H and O–H groups in total. The van der Waals surface area contributed by atoms with Crippen LogP contribution in [-0.4, -0.2) is 23.9 Å². The first-order chi connectivity index (χ1) is 10.5. The highest BCUT2D eigenvalue weighted by Crippen LogP contribution is 2.26. The quantitative estimate of drug-likeness (QED) is 0.816. The van der Waals surface area contributed by atoms with E-state index in [9.17, 15) is 4.79 Å². The van der Waals surface area contributed by atoms with Crippen LogP contribution in [0.25, 0.3) is 0 Å². The van der Waals surface area contributed by atoms with Crippen LogP contribution in [0.3, 0.4) is 0 Å². The predicted octanol–water partition coefficient (Wildman–Crippen LogP) is 4.52. The van der Waals surface area contributed by atoms with Gasteiger partial charge in [-0.05, 0) is 48.4 Å². The summed E-state index contributed by atoms with van der Waals surface area (Å²) in [6.07, 6.45) is 1.66. The topological polar surface area (TPSA) is 58.9 Å². The predicted molar refractivity (Wildman–Crippen MR) is 88.0 cm³/mol. The van der Waals surface area contributed by atoms with Gasteiger partial charge >= 0.3 is 5.97 Å². The molecule has 114 valence electrons. The molecular weight excluding hydrogens is 325 g/mol. The van der Waals surface area contributed by atoms with Crippen LogP contribution in [0, 0.1) is 6.92 Å². The minimum atomic E-state index is -1.06. The second-order valence-corrected chi connectivity index (χ2v) is 5.40. The van der Waals surface area contributed by atoms with Crippen molar-refractivity contribution in [1.82, 2.24) is 0 Å². The van der Waals surface area contributed by atoms with Crippen molar-refractivity contribution >= 4 is 41.1 Å². The van der Waals surface area contributed by atoms with E-state index in [1.807, 2.05) is 13.0 Å². The first kappa shape index (κ1) is 16.3. The van der Waals surface area contributed by atoms with Crippen LogP contribution in [0.4, 0.5) is 5.69 Å². The number of carboxylic acids is 1. The number of carbonyl (C=O) groups is 1. The average Bonchev–Trinajstić information content (AvgIpc) is 2.47. The average molecular weight is 338 g/mol. The van der Waals surface area contributed by atoms with E-state index in [2.05, 4.69) is 4.99 Å². The molecule has 2 rings (SSSR count). The summed E-state index contributed by atoms with van der Waals surface area (Å²) < 4.78 is 5.06. The van der Waals surface area contributed by atoms with E-state index in [-0.39, 0.29) is 0 Å². The molecular formula is C16H13Cl2NO3. The maximum Gasteiger partial charge on any atom is 0.341 e. The Kier molecular flexibility index (Phi) is 5.41. The molecule has 0 radical (unpaired) electrons. The molecule has 0 saturated carbocycles. The monoisotopic (exact) mass is 337 g/mol. The standard InChI is InChI=1S/C16H13Cl2NO3/c1-10-2-4-12(17)7-14(10)19-8-11-3-5-15(13(18)6-11)22-9-16(20)21/h2-8H,9H2,1H3,(H,20,21). The molecule has 0 aliphatic carbocycles. The van der Waals surface area contributed by atoms with E-state index in [1.54, 1.807) is 36.5 Å². The summed E-state index contributed by atoms with van der Waals surface area (Å²) in [6, 6.07) is 10.5. The highest BCUT2D eigenvalue weighted by Gasteiger charge is 2.05. The molecule has 2 aromatic rings. The lowest BCUT2D eigenvalue weighted by molar-refractivity contribution is -0.139. The van der Waals surface area contributed by atoms with Gasteiger partial charge in [0.15, 0.2) is 6.61 Å². The third-order valence-electron chi connectivity index (χ3n) is 2.83. The van der Waals surface area contributed by atoms with Crippen molar-refractivity contribution in [3.8, 4) is 5.75 Å². The maximum absolute atomic E-state index is 10.5. The molecule has 0 unspecified atom stereocenters. The lowest BCUT2D eigenvalue weighted by atomic mass is 10.2. The molecule has 0 aliphatic rings. The number of halogens is 2. The van der Waals surface area contributed by atoms with E-state index >= 15 is 0 Å². The van der Waals surface area contributed by atoms with Crippen LogP contribution in [0.2, 0.25) is 10.0 Å². The second kappa shape index (κ2) is 7.29. The Hall–Kier alpha value is -2.04. The number of aliphatic imine (C=N–C) groups is 1. The van der Waals surface area contributed by atoms with Crippen molar-refractivity contribution in [2.75, 3.05) is 6.61 Å². The van der Waals surface area contributed by atoms with E-state index in [0.717, 1.165) is 16.8 Å². The molecule has 0 atom stereocenters. The van der Waals surface area contributed by atoms with Gasteiger partial charge in [-0.15, -0.1) is 0 Å². The maximum atomic E-state index is 10.5. The van der Waals surface area contributed by atoms with Crippen LogP contribution >= 0.6 is 23.2 Å². The number of hydrogen-bond donors (Lipinski definition) is 1. The Bertz CT molecular complexity index is 729. The molecule has 0 heterocycles. The van der Waals surface area contributed by atoms with Gasteiger partial charge in [-0.3, -0.25) is 4.99 Å². The zero-order valence-electron chi connectivity index (χ0n) is 11.7. The third-order valence-corrected chi connectivity index (χ3v) is 3.36. The Balaban J connectivity index is 2.16. The summed E-state index contributed by atoms with van der Waals surface area (Å²) in [5.41, 5.74) is 2.55. The normalized spacial score (nSPS) is 10.9. The van der Waals surface area contributed by atoms with Gasteiger partial charge in [0.25, 0.3) is 0 Å². The third kappa shape index (κ3) is 4.48. The first-order valence-electron chi connectivity index (χ1n) is 6.40. The Morgan fingerprint density at radius 3 is 2.73 bits per heavy atom. The summed E-state index contributed by atoms with van der Waals surface area (Å²) >= 11 is 12.0. The van der Waals surface area contributed by atoms with Crippen molar-refractivity contribution in [3.05, 3.63) is 57.6 Å². The summed E-state index contributed by atoms with van der Waals surface area (Å²) in [6.45, 7) is 1.51.